The van der Waals surface area contributed by atoms with Crippen LogP contribution < -0.4 is 19.1 Å². The molecule has 11 heteroatoms. The molecular weight excluding hydrogens is 494 g/mol. The van der Waals surface area contributed by atoms with Crippen molar-refractivity contribution in [1.82, 2.24) is 10.2 Å². The Hall–Kier alpha value is -2.98. The lowest BCUT2D eigenvalue weighted by molar-refractivity contribution is -0.140. The number of carbonyl (C=O) groups is 2. The molecule has 35 heavy (non-hydrogen) atoms. The monoisotopic (exact) mass is 525 g/mol. The Labute approximate surface area is 212 Å². The van der Waals surface area contributed by atoms with E-state index in [1.165, 1.54) is 31.3 Å². The van der Waals surface area contributed by atoms with Crippen molar-refractivity contribution in [2.75, 3.05) is 37.9 Å². The van der Waals surface area contributed by atoms with Crippen LogP contribution >= 0.6 is 11.6 Å². The van der Waals surface area contributed by atoms with E-state index in [2.05, 4.69) is 5.32 Å². The predicted octanol–water partition coefficient (Wildman–Crippen LogP) is 3.07. The number of nitrogens with zero attached hydrogens (tertiary/aromatic N) is 2. The minimum Gasteiger partial charge on any atom is -0.493 e. The van der Waals surface area contributed by atoms with Crippen LogP contribution in [0.25, 0.3) is 0 Å². The van der Waals surface area contributed by atoms with Crippen molar-refractivity contribution in [1.29, 1.82) is 0 Å². The molecule has 192 valence electrons. The van der Waals surface area contributed by atoms with E-state index >= 15 is 0 Å². The molecule has 2 rings (SSSR count). The first kappa shape index (κ1) is 28.3. The second-order valence-electron chi connectivity index (χ2n) is 7.74. The minimum absolute atomic E-state index is 0.0394. The van der Waals surface area contributed by atoms with E-state index in [9.17, 15) is 18.0 Å². The van der Waals surface area contributed by atoms with Crippen molar-refractivity contribution in [3.63, 3.8) is 0 Å². The molecule has 0 fully saturated rings. The van der Waals surface area contributed by atoms with Crippen LogP contribution in [0.3, 0.4) is 0 Å². The fourth-order valence-corrected chi connectivity index (χ4v) is 4.65. The van der Waals surface area contributed by atoms with Gasteiger partial charge in [-0.15, -0.1) is 0 Å². The van der Waals surface area contributed by atoms with Crippen LogP contribution in [0.2, 0.25) is 5.02 Å². The minimum atomic E-state index is -3.87. The van der Waals surface area contributed by atoms with E-state index in [0.29, 0.717) is 35.1 Å². The molecule has 1 N–H and O–H groups in total. The number of anilines is 1. The first-order chi connectivity index (χ1) is 16.6. The molecule has 0 aliphatic heterocycles. The average Bonchev–Trinajstić information content (AvgIpc) is 2.82. The summed E-state index contributed by atoms with van der Waals surface area (Å²) in [5.74, 6) is -0.151. The van der Waals surface area contributed by atoms with Crippen LogP contribution in [0.15, 0.2) is 42.5 Å². The van der Waals surface area contributed by atoms with Gasteiger partial charge in [-0.05, 0) is 37.1 Å². The third kappa shape index (κ3) is 7.25. The number of hydrogen-bond donors (Lipinski definition) is 1. The Morgan fingerprint density at radius 2 is 1.71 bits per heavy atom. The molecule has 0 aromatic heterocycles. The van der Waals surface area contributed by atoms with E-state index < -0.39 is 28.5 Å². The van der Waals surface area contributed by atoms with Gasteiger partial charge in [-0.1, -0.05) is 36.7 Å². The zero-order valence-corrected chi connectivity index (χ0v) is 22.1. The summed E-state index contributed by atoms with van der Waals surface area (Å²) in [6.45, 7) is 3.49. The van der Waals surface area contributed by atoms with Crippen LogP contribution in [0.4, 0.5) is 5.69 Å². The highest BCUT2D eigenvalue weighted by Gasteiger charge is 2.32. The lowest BCUT2D eigenvalue weighted by atomic mass is 10.1. The number of hydrogen-bond acceptors (Lipinski definition) is 6. The molecule has 2 aromatic carbocycles. The smallest absolute Gasteiger partial charge is 0.244 e. The number of halogens is 1. The number of benzene rings is 2. The quantitative estimate of drug-likeness (QED) is 0.456. The van der Waals surface area contributed by atoms with Crippen LogP contribution in [0.5, 0.6) is 11.5 Å². The Kier molecular flexibility index (Phi) is 10.2. The first-order valence-corrected chi connectivity index (χ1v) is 13.3. The molecule has 0 radical (unpaired) electrons. The maximum Gasteiger partial charge on any atom is 0.244 e. The summed E-state index contributed by atoms with van der Waals surface area (Å²) in [4.78, 5) is 27.8. The molecule has 0 spiro atoms. The number of carbonyl (C=O) groups excluding carboxylic acids is 2. The van der Waals surface area contributed by atoms with Gasteiger partial charge in [0.25, 0.3) is 0 Å². The van der Waals surface area contributed by atoms with Gasteiger partial charge in [0.05, 0.1) is 26.2 Å². The zero-order valence-electron chi connectivity index (χ0n) is 20.6. The fraction of sp³-hybridized carbons (Fsp3) is 0.417. The van der Waals surface area contributed by atoms with Crippen molar-refractivity contribution in [3.8, 4) is 11.5 Å². The van der Waals surface area contributed by atoms with E-state index in [-0.39, 0.29) is 18.1 Å². The van der Waals surface area contributed by atoms with E-state index in [1.807, 2.05) is 0 Å². The van der Waals surface area contributed by atoms with E-state index in [4.69, 9.17) is 21.1 Å². The molecule has 0 saturated heterocycles. The second-order valence-corrected chi connectivity index (χ2v) is 10.1. The molecule has 1 atom stereocenters. The fourth-order valence-electron chi connectivity index (χ4n) is 3.62. The predicted molar refractivity (Wildman–Crippen MR) is 137 cm³/mol. The van der Waals surface area contributed by atoms with Crippen molar-refractivity contribution >= 4 is 39.1 Å². The van der Waals surface area contributed by atoms with Crippen molar-refractivity contribution in [2.45, 2.75) is 32.9 Å². The van der Waals surface area contributed by atoms with E-state index in [1.54, 1.807) is 44.2 Å². The summed E-state index contributed by atoms with van der Waals surface area (Å²) in [6, 6.07) is 10.7. The van der Waals surface area contributed by atoms with Crippen LogP contribution in [0.1, 0.15) is 25.8 Å². The van der Waals surface area contributed by atoms with Gasteiger partial charge >= 0.3 is 0 Å². The summed E-state index contributed by atoms with van der Waals surface area (Å²) in [7, 11) is -0.974. The molecule has 0 bridgehead atoms. The highest BCUT2D eigenvalue weighted by molar-refractivity contribution is 7.92. The number of methoxy groups -OCH3 is 2. The largest absolute Gasteiger partial charge is 0.493 e. The van der Waals surface area contributed by atoms with Crippen molar-refractivity contribution in [3.05, 3.63) is 53.1 Å². The molecule has 9 nitrogen and oxygen atoms in total. The number of sulfonamides is 1. The third-order valence-corrected chi connectivity index (χ3v) is 6.88. The maximum absolute atomic E-state index is 13.6. The number of ether oxygens (including phenoxy) is 2. The first-order valence-electron chi connectivity index (χ1n) is 11.1. The third-order valence-electron chi connectivity index (χ3n) is 5.37. The normalized spacial score (nSPS) is 11.9. The van der Waals surface area contributed by atoms with Crippen molar-refractivity contribution < 1.29 is 27.5 Å². The van der Waals surface area contributed by atoms with Gasteiger partial charge < -0.3 is 19.7 Å². The number of rotatable bonds is 12. The molecule has 0 unspecified atom stereocenters. The molecule has 0 aliphatic carbocycles. The Morgan fingerprint density at radius 3 is 2.26 bits per heavy atom. The Bertz CT molecular complexity index is 1140. The maximum atomic E-state index is 13.6. The highest BCUT2D eigenvalue weighted by atomic mass is 35.5. The molecule has 0 saturated carbocycles. The lowest BCUT2D eigenvalue weighted by Crippen LogP contribution is -2.52. The SMILES string of the molecule is CCNC(=O)[C@H](CC)N(Cc1ccccc1Cl)C(=O)CN(c1ccc(OC)c(OC)c1)S(C)(=O)=O. The molecular formula is C24H32ClN3O6S. The summed E-state index contributed by atoms with van der Waals surface area (Å²) in [6.07, 6.45) is 1.34. The van der Waals surface area contributed by atoms with Crippen LogP contribution in [-0.2, 0) is 26.2 Å². The molecule has 0 aliphatic rings. The van der Waals surface area contributed by atoms with E-state index in [0.717, 1.165) is 10.6 Å². The van der Waals surface area contributed by atoms with Crippen LogP contribution in [0, 0.1) is 0 Å². The van der Waals surface area contributed by atoms with Gasteiger partial charge in [-0.3, -0.25) is 13.9 Å². The summed E-state index contributed by atoms with van der Waals surface area (Å²) in [5, 5.41) is 3.19. The van der Waals surface area contributed by atoms with Gasteiger partial charge in [0, 0.05) is 24.2 Å². The zero-order chi connectivity index (χ0) is 26.2. The lowest BCUT2D eigenvalue weighted by Gasteiger charge is -2.33. The average molecular weight is 526 g/mol. The highest BCUT2D eigenvalue weighted by Crippen LogP contribution is 2.32. The number of amides is 2. The summed E-state index contributed by atoms with van der Waals surface area (Å²) < 4.78 is 36.9. The summed E-state index contributed by atoms with van der Waals surface area (Å²) in [5.41, 5.74) is 0.865. The number of likely N-dealkylation sites (N-methyl/N-ethyl adjacent to an activating group) is 1. The second kappa shape index (κ2) is 12.6. The number of nitrogens with one attached hydrogen (secondary N) is 1. The standard InChI is InChI=1S/C24H32ClN3O6S/c1-6-20(24(30)26-7-2)27(15-17-10-8-9-11-19(17)25)23(29)16-28(35(5,31)32)18-12-13-21(33-3)22(14-18)34-4/h8-14,20H,6-7,15-16H2,1-5H3,(H,26,30)/t20-/m0/s1. The van der Waals surface area contributed by atoms with Gasteiger partial charge in [-0.2, -0.15) is 0 Å². The molecule has 2 amide bonds. The van der Waals surface area contributed by atoms with Gasteiger partial charge in [-0.25, -0.2) is 8.42 Å². The van der Waals surface area contributed by atoms with Crippen molar-refractivity contribution in [2.24, 2.45) is 0 Å². The van der Waals surface area contributed by atoms with Crippen LogP contribution in [-0.4, -0.2) is 64.7 Å². The Morgan fingerprint density at radius 1 is 1.06 bits per heavy atom. The van der Waals surface area contributed by atoms with Gasteiger partial charge in [0.15, 0.2) is 11.5 Å². The molecule has 0 heterocycles. The molecule has 2 aromatic rings. The Balaban J connectivity index is 2.49. The van der Waals surface area contributed by atoms with Gasteiger partial charge in [0.1, 0.15) is 12.6 Å². The summed E-state index contributed by atoms with van der Waals surface area (Å²) >= 11 is 6.33. The van der Waals surface area contributed by atoms with Gasteiger partial charge in [0.2, 0.25) is 21.8 Å². The topological polar surface area (TPSA) is 105 Å².